The van der Waals surface area contributed by atoms with Crippen LogP contribution >= 0.6 is 0 Å². The fourth-order valence-corrected chi connectivity index (χ4v) is 3.21. The standard InChI is InChI=1S/C16H14F3NO4/c1-9(21)15(10(2)22)8-11(16(17,18)19)7-13(15)12-5-3-4-6-14(12)20(23)24/h3-7,13H,8H2,1-2H3. The number of alkyl halides is 3. The largest absolute Gasteiger partial charge is 0.412 e. The van der Waals surface area contributed by atoms with Gasteiger partial charge in [-0.25, -0.2) is 0 Å². The lowest BCUT2D eigenvalue weighted by molar-refractivity contribution is -0.385. The summed E-state index contributed by atoms with van der Waals surface area (Å²) < 4.78 is 39.5. The zero-order valence-corrected chi connectivity index (χ0v) is 12.9. The quantitative estimate of drug-likeness (QED) is 0.362. The molecular weight excluding hydrogens is 327 g/mol. The van der Waals surface area contributed by atoms with Gasteiger partial charge in [0.1, 0.15) is 17.0 Å². The monoisotopic (exact) mass is 341 g/mol. The van der Waals surface area contributed by atoms with Crippen LogP contribution in [0.1, 0.15) is 31.7 Å². The molecule has 0 radical (unpaired) electrons. The second-order valence-corrected chi connectivity index (χ2v) is 5.74. The Balaban J connectivity index is 2.75. The zero-order valence-electron chi connectivity index (χ0n) is 12.9. The first kappa shape index (κ1) is 17.8. The van der Waals surface area contributed by atoms with E-state index >= 15 is 0 Å². The van der Waals surface area contributed by atoms with Gasteiger partial charge in [0.2, 0.25) is 0 Å². The molecule has 0 bridgehead atoms. The van der Waals surface area contributed by atoms with E-state index in [0.29, 0.717) is 0 Å². The Morgan fingerprint density at radius 1 is 1.21 bits per heavy atom. The van der Waals surface area contributed by atoms with E-state index in [0.717, 1.165) is 26.0 Å². The Bertz CT molecular complexity index is 738. The van der Waals surface area contributed by atoms with Gasteiger partial charge in [-0.1, -0.05) is 24.3 Å². The van der Waals surface area contributed by atoms with Crippen LogP contribution in [0.5, 0.6) is 0 Å². The maximum atomic E-state index is 13.2. The van der Waals surface area contributed by atoms with Gasteiger partial charge in [0, 0.05) is 23.1 Å². The number of hydrogen-bond acceptors (Lipinski definition) is 4. The van der Waals surface area contributed by atoms with Crippen LogP contribution in [0.15, 0.2) is 35.9 Å². The number of rotatable bonds is 4. The summed E-state index contributed by atoms with van der Waals surface area (Å²) in [6.45, 7) is 2.08. The average molecular weight is 341 g/mol. The predicted molar refractivity (Wildman–Crippen MR) is 78.4 cm³/mol. The van der Waals surface area contributed by atoms with Gasteiger partial charge in [0.15, 0.2) is 0 Å². The van der Waals surface area contributed by atoms with E-state index in [1.165, 1.54) is 18.2 Å². The average Bonchev–Trinajstić information content (AvgIpc) is 2.89. The molecule has 128 valence electrons. The Kier molecular flexibility index (Phi) is 4.34. The zero-order chi connectivity index (χ0) is 18.3. The van der Waals surface area contributed by atoms with E-state index in [9.17, 15) is 32.9 Å². The number of carbonyl (C=O) groups excluding carboxylic acids is 2. The van der Waals surface area contributed by atoms with E-state index in [-0.39, 0.29) is 5.56 Å². The van der Waals surface area contributed by atoms with Gasteiger partial charge in [-0.3, -0.25) is 19.7 Å². The molecule has 24 heavy (non-hydrogen) atoms. The highest BCUT2D eigenvalue weighted by atomic mass is 19.4. The first-order valence-corrected chi connectivity index (χ1v) is 7.05. The molecule has 0 aromatic heterocycles. The van der Waals surface area contributed by atoms with Crippen molar-refractivity contribution in [2.45, 2.75) is 32.4 Å². The molecule has 1 aromatic carbocycles. The number of ketones is 2. The Hall–Kier alpha value is -2.51. The maximum Gasteiger partial charge on any atom is 0.412 e. The molecule has 1 aliphatic rings. The number of nitro benzene ring substituents is 1. The molecule has 0 saturated carbocycles. The summed E-state index contributed by atoms with van der Waals surface area (Å²) in [4.78, 5) is 34.8. The number of nitro groups is 1. The second kappa shape index (κ2) is 5.85. The number of carbonyl (C=O) groups is 2. The SMILES string of the molecule is CC(=O)C1(C(C)=O)CC(C(F)(F)F)=CC1c1ccccc1[N+](=O)[O-]. The highest BCUT2D eigenvalue weighted by molar-refractivity contribution is 6.07. The van der Waals surface area contributed by atoms with Gasteiger partial charge < -0.3 is 0 Å². The maximum absolute atomic E-state index is 13.2. The molecule has 1 unspecified atom stereocenters. The van der Waals surface area contributed by atoms with Crippen LogP contribution in [0.3, 0.4) is 0 Å². The van der Waals surface area contributed by atoms with Crippen molar-refractivity contribution < 1.29 is 27.7 Å². The molecule has 5 nitrogen and oxygen atoms in total. The van der Waals surface area contributed by atoms with Crippen molar-refractivity contribution in [1.82, 2.24) is 0 Å². The Morgan fingerprint density at radius 2 is 1.75 bits per heavy atom. The van der Waals surface area contributed by atoms with Crippen LogP contribution in [-0.2, 0) is 9.59 Å². The molecular formula is C16H14F3NO4. The van der Waals surface area contributed by atoms with Gasteiger partial charge in [-0.2, -0.15) is 13.2 Å². The van der Waals surface area contributed by atoms with Crippen molar-refractivity contribution in [1.29, 1.82) is 0 Å². The minimum absolute atomic E-state index is 0.0767. The number of hydrogen-bond donors (Lipinski definition) is 0. The van der Waals surface area contributed by atoms with Crippen LogP contribution in [-0.4, -0.2) is 22.7 Å². The van der Waals surface area contributed by atoms with Crippen molar-refractivity contribution in [3.63, 3.8) is 0 Å². The van der Waals surface area contributed by atoms with Crippen molar-refractivity contribution in [3.05, 3.63) is 51.6 Å². The highest BCUT2D eigenvalue weighted by Crippen LogP contribution is 2.54. The third-order valence-electron chi connectivity index (χ3n) is 4.46. The summed E-state index contributed by atoms with van der Waals surface area (Å²) in [7, 11) is 0. The molecule has 0 heterocycles. The first-order chi connectivity index (χ1) is 11.0. The van der Waals surface area contributed by atoms with Gasteiger partial charge >= 0.3 is 6.18 Å². The van der Waals surface area contributed by atoms with Crippen LogP contribution in [0.2, 0.25) is 0 Å². The summed E-state index contributed by atoms with van der Waals surface area (Å²) in [5, 5.41) is 11.2. The Labute approximate surface area is 135 Å². The predicted octanol–water partition coefficient (Wildman–Crippen LogP) is 3.74. The lowest BCUT2D eigenvalue weighted by atomic mass is 9.68. The summed E-state index contributed by atoms with van der Waals surface area (Å²) in [5.41, 5.74) is -3.49. The van der Waals surface area contributed by atoms with Crippen LogP contribution in [0, 0.1) is 15.5 Å². The van der Waals surface area contributed by atoms with Crippen LogP contribution in [0.25, 0.3) is 0 Å². The van der Waals surface area contributed by atoms with Crippen LogP contribution in [0.4, 0.5) is 18.9 Å². The molecule has 8 heteroatoms. The van der Waals surface area contributed by atoms with Gasteiger partial charge in [-0.05, 0) is 20.3 Å². The first-order valence-electron chi connectivity index (χ1n) is 7.05. The van der Waals surface area contributed by atoms with E-state index < -0.39 is 51.7 Å². The van der Waals surface area contributed by atoms with Crippen molar-refractivity contribution >= 4 is 17.3 Å². The molecule has 2 rings (SSSR count). The fraction of sp³-hybridized carbons (Fsp3) is 0.375. The molecule has 1 aliphatic carbocycles. The molecule has 0 spiro atoms. The minimum atomic E-state index is -4.71. The van der Waals surface area contributed by atoms with Crippen molar-refractivity contribution in [2.24, 2.45) is 5.41 Å². The number of Topliss-reactive ketones (excluding diaryl/α,β-unsaturated/α-hetero) is 2. The highest BCUT2D eigenvalue weighted by Gasteiger charge is 2.56. The molecule has 1 atom stereocenters. The third-order valence-corrected chi connectivity index (χ3v) is 4.46. The fourth-order valence-electron chi connectivity index (χ4n) is 3.21. The number of allylic oxidation sites excluding steroid dienone is 2. The minimum Gasteiger partial charge on any atom is -0.299 e. The van der Waals surface area contributed by atoms with E-state index in [1.54, 1.807) is 0 Å². The smallest absolute Gasteiger partial charge is 0.299 e. The number of nitrogens with zero attached hydrogens (tertiary/aromatic N) is 1. The van der Waals surface area contributed by atoms with E-state index in [1.807, 2.05) is 0 Å². The lowest BCUT2D eigenvalue weighted by Crippen LogP contribution is -2.40. The number of halogens is 3. The summed E-state index contributed by atoms with van der Waals surface area (Å²) in [6.07, 6.45) is -4.75. The number of benzene rings is 1. The van der Waals surface area contributed by atoms with Gasteiger partial charge in [0.25, 0.3) is 5.69 Å². The third kappa shape index (κ3) is 2.72. The molecule has 0 aliphatic heterocycles. The number of para-hydroxylation sites is 1. The van der Waals surface area contributed by atoms with E-state index in [2.05, 4.69) is 0 Å². The second-order valence-electron chi connectivity index (χ2n) is 5.74. The van der Waals surface area contributed by atoms with Crippen LogP contribution < -0.4 is 0 Å². The topological polar surface area (TPSA) is 77.3 Å². The van der Waals surface area contributed by atoms with Gasteiger partial charge in [-0.15, -0.1) is 0 Å². The normalized spacial score (nSPS) is 19.7. The summed E-state index contributed by atoms with van der Waals surface area (Å²) >= 11 is 0. The van der Waals surface area contributed by atoms with Gasteiger partial charge in [0.05, 0.1) is 4.92 Å². The molecule has 0 amide bonds. The molecule has 0 saturated heterocycles. The van der Waals surface area contributed by atoms with E-state index in [4.69, 9.17) is 0 Å². The molecule has 0 N–H and O–H groups in total. The lowest BCUT2D eigenvalue weighted by Gasteiger charge is -2.30. The molecule has 0 fully saturated rings. The molecule has 1 aromatic rings. The Morgan fingerprint density at radius 3 is 2.21 bits per heavy atom. The van der Waals surface area contributed by atoms with Crippen molar-refractivity contribution in [3.8, 4) is 0 Å². The summed E-state index contributed by atoms with van der Waals surface area (Å²) in [5.74, 6) is -2.81. The summed E-state index contributed by atoms with van der Waals surface area (Å²) in [6, 6.07) is 5.21. The van der Waals surface area contributed by atoms with Crippen molar-refractivity contribution in [2.75, 3.05) is 0 Å².